The molecular weight excluding hydrogens is 250 g/mol. The minimum Gasteiger partial charge on any atom is -0.480 e. The second kappa shape index (κ2) is 6.44. The predicted octanol–water partition coefficient (Wildman–Crippen LogP) is 2.13. The van der Waals surface area contributed by atoms with Gasteiger partial charge in [-0.25, -0.2) is 0 Å². The van der Waals surface area contributed by atoms with Crippen LogP contribution in [0.25, 0.3) is 0 Å². The number of carbonyl (C=O) groups is 2. The number of nitrogens with two attached hydrogens (primary N) is 1. The van der Waals surface area contributed by atoms with Crippen LogP contribution in [0.1, 0.15) is 29.8 Å². The summed E-state index contributed by atoms with van der Waals surface area (Å²) in [5.74, 6) is -0.560. The standard InChI is InChI=1S/C13H17NO3S/c1-8(2)11(13(16)17)18-7-9-3-5-10(6-4-9)12(14)15/h3-6,8,11H,7H2,1-2H3,(H2,14,15)(H,16,17). The maximum absolute atomic E-state index is 11.0. The molecule has 18 heavy (non-hydrogen) atoms. The summed E-state index contributed by atoms with van der Waals surface area (Å²) < 4.78 is 0. The number of carboxylic acid groups (broad SMARTS) is 1. The van der Waals surface area contributed by atoms with Crippen molar-refractivity contribution in [1.29, 1.82) is 0 Å². The highest BCUT2D eigenvalue weighted by Gasteiger charge is 2.21. The highest BCUT2D eigenvalue weighted by atomic mass is 32.2. The fraction of sp³-hybridized carbons (Fsp3) is 0.385. The molecule has 4 nitrogen and oxygen atoms in total. The van der Waals surface area contributed by atoms with Gasteiger partial charge < -0.3 is 10.8 Å². The van der Waals surface area contributed by atoms with Gasteiger partial charge in [-0.05, 0) is 23.6 Å². The molecule has 0 saturated heterocycles. The van der Waals surface area contributed by atoms with Crippen molar-refractivity contribution >= 4 is 23.6 Å². The summed E-state index contributed by atoms with van der Waals surface area (Å²) in [5, 5.41) is 8.64. The lowest BCUT2D eigenvalue weighted by atomic mass is 10.1. The van der Waals surface area contributed by atoms with Crippen molar-refractivity contribution in [2.45, 2.75) is 24.9 Å². The van der Waals surface area contributed by atoms with Crippen LogP contribution in [-0.4, -0.2) is 22.2 Å². The first-order chi connectivity index (χ1) is 8.41. The number of benzene rings is 1. The summed E-state index contributed by atoms with van der Waals surface area (Å²) in [6.45, 7) is 3.78. The molecule has 1 rings (SSSR count). The Balaban J connectivity index is 2.62. The molecule has 0 aliphatic heterocycles. The van der Waals surface area contributed by atoms with Crippen molar-refractivity contribution in [2.24, 2.45) is 11.7 Å². The van der Waals surface area contributed by atoms with E-state index in [1.807, 2.05) is 13.8 Å². The van der Waals surface area contributed by atoms with E-state index < -0.39 is 17.1 Å². The molecule has 0 saturated carbocycles. The van der Waals surface area contributed by atoms with Crippen LogP contribution in [-0.2, 0) is 10.5 Å². The molecule has 5 heteroatoms. The summed E-state index contributed by atoms with van der Waals surface area (Å²) in [5.41, 5.74) is 6.59. The number of hydrogen-bond donors (Lipinski definition) is 2. The quantitative estimate of drug-likeness (QED) is 0.827. The zero-order valence-electron chi connectivity index (χ0n) is 10.4. The van der Waals surface area contributed by atoms with E-state index in [-0.39, 0.29) is 5.92 Å². The number of aliphatic carboxylic acids is 1. The van der Waals surface area contributed by atoms with Crippen molar-refractivity contribution in [1.82, 2.24) is 0 Å². The highest BCUT2D eigenvalue weighted by Crippen LogP contribution is 2.24. The van der Waals surface area contributed by atoms with Crippen molar-refractivity contribution in [3.63, 3.8) is 0 Å². The van der Waals surface area contributed by atoms with E-state index in [4.69, 9.17) is 10.8 Å². The van der Waals surface area contributed by atoms with Crippen molar-refractivity contribution < 1.29 is 14.7 Å². The largest absolute Gasteiger partial charge is 0.480 e. The van der Waals surface area contributed by atoms with E-state index in [9.17, 15) is 9.59 Å². The van der Waals surface area contributed by atoms with Gasteiger partial charge in [-0.1, -0.05) is 26.0 Å². The van der Waals surface area contributed by atoms with Gasteiger partial charge in [0, 0.05) is 11.3 Å². The average molecular weight is 267 g/mol. The number of carboxylic acids is 1. The lowest BCUT2D eigenvalue weighted by molar-refractivity contribution is -0.137. The molecule has 1 aromatic carbocycles. The Kier molecular flexibility index (Phi) is 5.22. The summed E-state index contributed by atoms with van der Waals surface area (Å²) in [6.07, 6.45) is 0. The van der Waals surface area contributed by atoms with E-state index >= 15 is 0 Å². The van der Waals surface area contributed by atoms with Crippen LogP contribution >= 0.6 is 11.8 Å². The Morgan fingerprint density at radius 1 is 1.28 bits per heavy atom. The highest BCUT2D eigenvalue weighted by molar-refractivity contribution is 7.99. The molecule has 0 heterocycles. The van der Waals surface area contributed by atoms with Crippen LogP contribution in [0.4, 0.5) is 0 Å². The number of rotatable bonds is 6. The summed E-state index contributed by atoms with van der Waals surface area (Å²) in [7, 11) is 0. The molecular formula is C13H17NO3S. The Labute approximate surface area is 111 Å². The lowest BCUT2D eigenvalue weighted by Crippen LogP contribution is -2.22. The predicted molar refractivity (Wildman–Crippen MR) is 72.5 cm³/mol. The second-order valence-electron chi connectivity index (χ2n) is 4.38. The average Bonchev–Trinajstić information content (AvgIpc) is 2.28. The van der Waals surface area contributed by atoms with Crippen LogP contribution in [0, 0.1) is 5.92 Å². The molecule has 1 atom stereocenters. The number of hydrogen-bond acceptors (Lipinski definition) is 3. The molecule has 1 amide bonds. The van der Waals surface area contributed by atoms with Crippen LogP contribution in [0.2, 0.25) is 0 Å². The molecule has 0 spiro atoms. The zero-order valence-corrected chi connectivity index (χ0v) is 11.2. The molecule has 98 valence electrons. The van der Waals surface area contributed by atoms with E-state index in [0.29, 0.717) is 11.3 Å². The minimum atomic E-state index is -0.788. The van der Waals surface area contributed by atoms with Gasteiger partial charge in [0.25, 0.3) is 0 Å². The van der Waals surface area contributed by atoms with Gasteiger partial charge in [-0.15, -0.1) is 11.8 Å². The van der Waals surface area contributed by atoms with Crippen molar-refractivity contribution in [2.75, 3.05) is 0 Å². The SMILES string of the molecule is CC(C)C(SCc1ccc(C(N)=O)cc1)C(=O)O. The van der Waals surface area contributed by atoms with Crippen LogP contribution in [0.3, 0.4) is 0 Å². The van der Waals surface area contributed by atoms with Gasteiger partial charge in [0.1, 0.15) is 5.25 Å². The van der Waals surface area contributed by atoms with E-state index in [1.165, 1.54) is 11.8 Å². The first-order valence-corrected chi connectivity index (χ1v) is 6.70. The number of amides is 1. The second-order valence-corrected chi connectivity index (χ2v) is 5.50. The summed E-state index contributed by atoms with van der Waals surface area (Å²) in [4.78, 5) is 21.9. The Morgan fingerprint density at radius 2 is 1.83 bits per heavy atom. The molecule has 0 aliphatic rings. The third-order valence-corrected chi connectivity index (χ3v) is 4.12. The van der Waals surface area contributed by atoms with E-state index in [1.54, 1.807) is 24.3 Å². The fourth-order valence-corrected chi connectivity index (χ4v) is 2.59. The summed E-state index contributed by atoms with van der Waals surface area (Å²) >= 11 is 1.39. The molecule has 0 aromatic heterocycles. The van der Waals surface area contributed by atoms with Gasteiger partial charge in [0.15, 0.2) is 0 Å². The molecule has 1 aromatic rings. The molecule has 0 aliphatic carbocycles. The number of primary amides is 1. The first-order valence-electron chi connectivity index (χ1n) is 5.65. The lowest BCUT2D eigenvalue weighted by Gasteiger charge is -2.15. The first kappa shape index (κ1) is 14.6. The van der Waals surface area contributed by atoms with Crippen LogP contribution in [0.5, 0.6) is 0 Å². The maximum Gasteiger partial charge on any atom is 0.316 e. The molecule has 1 unspecified atom stereocenters. The van der Waals surface area contributed by atoms with Gasteiger partial charge >= 0.3 is 5.97 Å². The fourth-order valence-electron chi connectivity index (χ4n) is 1.50. The van der Waals surface area contributed by atoms with Gasteiger partial charge in [-0.2, -0.15) is 0 Å². The van der Waals surface area contributed by atoms with Crippen LogP contribution in [0.15, 0.2) is 24.3 Å². The Morgan fingerprint density at radius 3 is 2.22 bits per heavy atom. The van der Waals surface area contributed by atoms with E-state index in [0.717, 1.165) is 5.56 Å². The third-order valence-electron chi connectivity index (χ3n) is 2.52. The maximum atomic E-state index is 11.0. The molecule has 3 N–H and O–H groups in total. The normalized spacial score (nSPS) is 12.4. The van der Waals surface area contributed by atoms with Gasteiger partial charge in [-0.3, -0.25) is 9.59 Å². The molecule has 0 fully saturated rings. The van der Waals surface area contributed by atoms with Gasteiger partial charge in [0.2, 0.25) is 5.91 Å². The topological polar surface area (TPSA) is 80.4 Å². The zero-order chi connectivity index (χ0) is 13.7. The molecule has 0 bridgehead atoms. The Hall–Kier alpha value is -1.49. The third kappa shape index (κ3) is 4.07. The number of thioether (sulfide) groups is 1. The number of carbonyl (C=O) groups excluding carboxylic acids is 1. The van der Waals surface area contributed by atoms with Crippen molar-refractivity contribution in [3.8, 4) is 0 Å². The van der Waals surface area contributed by atoms with Crippen LogP contribution < -0.4 is 5.73 Å². The smallest absolute Gasteiger partial charge is 0.316 e. The summed E-state index contributed by atoms with van der Waals surface area (Å²) in [6, 6.07) is 6.91. The van der Waals surface area contributed by atoms with E-state index in [2.05, 4.69) is 0 Å². The molecule has 0 radical (unpaired) electrons. The van der Waals surface area contributed by atoms with Crippen molar-refractivity contribution in [3.05, 3.63) is 35.4 Å². The van der Waals surface area contributed by atoms with Gasteiger partial charge in [0.05, 0.1) is 0 Å². The Bertz CT molecular complexity index is 428. The monoisotopic (exact) mass is 267 g/mol. The minimum absolute atomic E-state index is 0.0809.